The third-order valence-corrected chi connectivity index (χ3v) is 6.52. The van der Waals surface area contributed by atoms with Gasteiger partial charge >= 0.3 is 0 Å². The van der Waals surface area contributed by atoms with Crippen LogP contribution in [-0.2, 0) is 24.2 Å². The van der Waals surface area contributed by atoms with Crippen LogP contribution < -0.4 is 5.56 Å². The summed E-state index contributed by atoms with van der Waals surface area (Å²) in [6.07, 6.45) is 1.05. The van der Waals surface area contributed by atoms with Crippen molar-refractivity contribution < 1.29 is 4.79 Å². The quantitative estimate of drug-likeness (QED) is 0.481. The fraction of sp³-hybridized carbons (Fsp3) is 0.292. The lowest BCUT2D eigenvalue weighted by Crippen LogP contribution is -2.34. The van der Waals surface area contributed by atoms with Gasteiger partial charge in [-0.05, 0) is 44.9 Å². The second kappa shape index (κ2) is 8.89. The summed E-state index contributed by atoms with van der Waals surface area (Å²) in [6.45, 7) is 7.13. The Morgan fingerprint density at radius 2 is 1.90 bits per heavy atom. The average molecular weight is 435 g/mol. The minimum atomic E-state index is -0.198. The minimum Gasteiger partial charge on any atom is -0.337 e. The number of thiophene rings is 1. The monoisotopic (exact) mass is 434 g/mol. The van der Waals surface area contributed by atoms with Crippen LogP contribution in [0.4, 0.5) is 0 Å². The van der Waals surface area contributed by atoms with E-state index >= 15 is 0 Å². The van der Waals surface area contributed by atoms with Gasteiger partial charge in [-0.3, -0.25) is 14.7 Å². The van der Waals surface area contributed by atoms with Crippen molar-refractivity contribution in [2.24, 2.45) is 0 Å². The molecule has 3 heterocycles. The number of benzene rings is 1. The lowest BCUT2D eigenvalue weighted by Gasteiger charge is -2.23. The number of carbonyl (C=O) groups excluding carboxylic acids is 1. The van der Waals surface area contributed by atoms with E-state index in [1.807, 2.05) is 36.9 Å². The molecule has 0 bridgehead atoms. The third-order valence-electron chi connectivity index (χ3n) is 5.54. The van der Waals surface area contributed by atoms with Gasteiger partial charge in [0, 0.05) is 39.3 Å². The summed E-state index contributed by atoms with van der Waals surface area (Å²) in [5.74, 6) is 0.0591. The Hall–Kier alpha value is -3.19. The van der Waals surface area contributed by atoms with Crippen LogP contribution in [0.2, 0.25) is 0 Å². The molecular formula is C24H26N4O2S. The van der Waals surface area contributed by atoms with Gasteiger partial charge in [0.2, 0.25) is 5.91 Å². The van der Waals surface area contributed by atoms with E-state index in [0.29, 0.717) is 18.7 Å². The molecule has 0 aliphatic carbocycles. The Morgan fingerprint density at radius 3 is 2.61 bits per heavy atom. The lowest BCUT2D eigenvalue weighted by molar-refractivity contribution is -0.131. The number of aromatic amines is 1. The predicted octanol–water partition coefficient (Wildman–Crippen LogP) is 3.82. The number of hydrogen-bond acceptors (Lipinski definition) is 4. The van der Waals surface area contributed by atoms with E-state index in [1.54, 1.807) is 15.9 Å². The number of rotatable bonds is 7. The molecule has 0 saturated carbocycles. The van der Waals surface area contributed by atoms with Gasteiger partial charge in [0.05, 0.1) is 13.0 Å². The molecule has 0 unspecified atom stereocenters. The molecule has 1 N–H and O–H groups in total. The van der Waals surface area contributed by atoms with Gasteiger partial charge in [0.25, 0.3) is 5.56 Å². The summed E-state index contributed by atoms with van der Waals surface area (Å²) < 4.78 is 1.66. The van der Waals surface area contributed by atoms with Crippen LogP contribution in [0.25, 0.3) is 5.65 Å². The number of H-pyrrole nitrogens is 1. The molecule has 0 aliphatic rings. The molecular weight excluding hydrogens is 408 g/mol. The van der Waals surface area contributed by atoms with Crippen LogP contribution in [0, 0.1) is 20.8 Å². The highest BCUT2D eigenvalue weighted by molar-refractivity contribution is 7.11. The van der Waals surface area contributed by atoms with E-state index in [0.717, 1.165) is 23.4 Å². The van der Waals surface area contributed by atoms with Crippen LogP contribution in [0.3, 0.4) is 0 Å². The summed E-state index contributed by atoms with van der Waals surface area (Å²) >= 11 is 1.72. The van der Waals surface area contributed by atoms with E-state index in [4.69, 9.17) is 0 Å². The van der Waals surface area contributed by atoms with Gasteiger partial charge in [0.15, 0.2) is 5.65 Å². The van der Waals surface area contributed by atoms with E-state index < -0.39 is 0 Å². The van der Waals surface area contributed by atoms with Crippen LogP contribution in [0.15, 0.2) is 53.3 Å². The Balaban J connectivity index is 1.58. The first-order valence-corrected chi connectivity index (χ1v) is 11.2. The number of amides is 1. The van der Waals surface area contributed by atoms with E-state index in [9.17, 15) is 9.59 Å². The zero-order chi connectivity index (χ0) is 22.0. The number of hydrogen-bond donors (Lipinski definition) is 1. The van der Waals surface area contributed by atoms with Gasteiger partial charge in [-0.1, -0.05) is 30.3 Å². The summed E-state index contributed by atoms with van der Waals surface area (Å²) in [5.41, 5.74) is 4.06. The maximum absolute atomic E-state index is 13.4. The first-order chi connectivity index (χ1) is 14.9. The smallest absolute Gasteiger partial charge is 0.266 e. The average Bonchev–Trinajstić information content (AvgIpc) is 3.33. The van der Waals surface area contributed by atoms with Crippen LogP contribution >= 0.6 is 11.3 Å². The van der Waals surface area contributed by atoms with Crippen molar-refractivity contribution in [2.75, 3.05) is 6.54 Å². The number of nitrogens with one attached hydrogen (secondary N) is 1. The maximum atomic E-state index is 13.4. The summed E-state index contributed by atoms with van der Waals surface area (Å²) in [4.78, 5) is 34.0. The van der Waals surface area contributed by atoms with Crippen molar-refractivity contribution in [3.05, 3.63) is 91.2 Å². The second-order valence-electron chi connectivity index (χ2n) is 7.82. The molecule has 0 radical (unpaired) electrons. The molecule has 1 aromatic carbocycles. The molecule has 0 saturated heterocycles. The zero-order valence-corrected chi connectivity index (χ0v) is 18.8. The van der Waals surface area contributed by atoms with Crippen molar-refractivity contribution in [2.45, 2.75) is 40.2 Å². The Labute approximate surface area is 185 Å². The highest BCUT2D eigenvalue weighted by Crippen LogP contribution is 2.20. The summed E-state index contributed by atoms with van der Waals surface area (Å²) in [5, 5.41) is 2.76. The molecule has 31 heavy (non-hydrogen) atoms. The minimum absolute atomic E-state index is 0.0591. The summed E-state index contributed by atoms with van der Waals surface area (Å²) in [6, 6.07) is 15.9. The highest BCUT2D eigenvalue weighted by atomic mass is 32.1. The van der Waals surface area contributed by atoms with E-state index in [1.165, 1.54) is 21.4 Å². The molecule has 0 aliphatic heterocycles. The standard InChI is InChI=1S/C24H26N4O2S/c1-16-9-10-20(31-16)15-27(12-11-19-7-5-4-6-8-19)24(30)13-21-17(2)25-22-14-23(29)26-28(22)18(21)3/h4-10,14H,11-13,15H2,1-3H3,(H,26,29). The van der Waals surface area contributed by atoms with E-state index in [2.05, 4.69) is 41.3 Å². The van der Waals surface area contributed by atoms with Gasteiger partial charge in [-0.25, -0.2) is 9.50 Å². The molecule has 0 fully saturated rings. The van der Waals surface area contributed by atoms with Crippen molar-refractivity contribution >= 4 is 22.9 Å². The Morgan fingerprint density at radius 1 is 1.13 bits per heavy atom. The maximum Gasteiger partial charge on any atom is 0.266 e. The SMILES string of the molecule is Cc1ccc(CN(CCc2ccccc2)C(=O)Cc2c(C)nc3cc(=O)[nH]n3c2C)s1. The van der Waals surface area contributed by atoms with Crippen molar-refractivity contribution in [3.8, 4) is 0 Å². The predicted molar refractivity (Wildman–Crippen MR) is 124 cm³/mol. The number of nitrogens with zero attached hydrogens (tertiary/aromatic N) is 3. The number of fused-ring (bicyclic) bond motifs is 1. The number of aryl methyl sites for hydroxylation is 3. The van der Waals surface area contributed by atoms with Crippen LogP contribution in [-0.4, -0.2) is 31.9 Å². The molecule has 3 aromatic heterocycles. The van der Waals surface area contributed by atoms with Crippen molar-refractivity contribution in [1.82, 2.24) is 19.5 Å². The highest BCUT2D eigenvalue weighted by Gasteiger charge is 2.20. The molecule has 160 valence electrons. The Kier molecular flexibility index (Phi) is 6.04. The summed E-state index contributed by atoms with van der Waals surface area (Å²) in [7, 11) is 0. The molecule has 7 heteroatoms. The normalized spacial score (nSPS) is 11.2. The molecule has 4 aromatic rings. The molecule has 0 spiro atoms. The number of aromatic nitrogens is 3. The fourth-order valence-corrected chi connectivity index (χ4v) is 4.74. The van der Waals surface area contributed by atoms with Crippen LogP contribution in [0.5, 0.6) is 0 Å². The number of carbonyl (C=O) groups is 1. The van der Waals surface area contributed by atoms with Crippen molar-refractivity contribution in [1.29, 1.82) is 0 Å². The molecule has 6 nitrogen and oxygen atoms in total. The zero-order valence-electron chi connectivity index (χ0n) is 18.0. The molecule has 4 rings (SSSR count). The second-order valence-corrected chi connectivity index (χ2v) is 9.19. The largest absolute Gasteiger partial charge is 0.337 e. The van der Waals surface area contributed by atoms with Gasteiger partial charge < -0.3 is 4.90 Å². The third kappa shape index (κ3) is 4.77. The van der Waals surface area contributed by atoms with E-state index in [-0.39, 0.29) is 17.9 Å². The first-order valence-electron chi connectivity index (χ1n) is 10.4. The molecule has 0 atom stereocenters. The van der Waals surface area contributed by atoms with Gasteiger partial charge in [-0.2, -0.15) is 0 Å². The molecule has 1 amide bonds. The van der Waals surface area contributed by atoms with Crippen LogP contribution in [0.1, 0.15) is 32.3 Å². The fourth-order valence-electron chi connectivity index (χ4n) is 3.83. The van der Waals surface area contributed by atoms with Crippen molar-refractivity contribution in [3.63, 3.8) is 0 Å². The topological polar surface area (TPSA) is 70.5 Å². The first kappa shape index (κ1) is 21.1. The van der Waals surface area contributed by atoms with Gasteiger partial charge in [-0.15, -0.1) is 11.3 Å². The van der Waals surface area contributed by atoms with Gasteiger partial charge in [0.1, 0.15) is 0 Å². The lowest BCUT2D eigenvalue weighted by atomic mass is 10.1. The Bertz CT molecular complexity index is 1270.